The molecular formula is C21H27N5O4S2. The minimum Gasteiger partial charge on any atom is -0.378 e. The highest BCUT2D eigenvalue weighted by atomic mass is 32.2. The number of carbonyl (C=O) groups excluding carboxylic acids is 1. The number of para-hydroxylation sites is 1. The van der Waals surface area contributed by atoms with Gasteiger partial charge in [0.15, 0.2) is 15.0 Å². The van der Waals surface area contributed by atoms with Crippen LogP contribution in [0.3, 0.4) is 0 Å². The van der Waals surface area contributed by atoms with Crippen molar-refractivity contribution in [2.45, 2.75) is 36.5 Å². The fourth-order valence-electron chi connectivity index (χ4n) is 4.38. The molecule has 0 N–H and O–H groups in total. The van der Waals surface area contributed by atoms with Gasteiger partial charge in [0.2, 0.25) is 11.9 Å². The molecule has 3 fully saturated rings. The molecule has 0 spiro atoms. The molecule has 11 heteroatoms. The smallest absolute Gasteiger partial charge is 0.233 e. The highest BCUT2D eigenvalue weighted by Crippen LogP contribution is 2.34. The van der Waals surface area contributed by atoms with Gasteiger partial charge in [0.1, 0.15) is 0 Å². The van der Waals surface area contributed by atoms with Crippen LogP contribution in [-0.2, 0) is 19.4 Å². The summed E-state index contributed by atoms with van der Waals surface area (Å²) in [4.78, 5) is 17.2. The Kier molecular flexibility index (Phi) is 6.13. The molecule has 1 aromatic carbocycles. The normalized spacial score (nSPS) is 22.8. The summed E-state index contributed by atoms with van der Waals surface area (Å²) in [6.07, 6.45) is 2.44. The molecule has 9 nitrogen and oxygen atoms in total. The summed E-state index contributed by atoms with van der Waals surface area (Å²) in [6.45, 7) is 2.76. The first-order valence-corrected chi connectivity index (χ1v) is 13.8. The minimum atomic E-state index is -3.04. The average molecular weight is 478 g/mol. The number of ether oxygens (including phenoxy) is 1. The van der Waals surface area contributed by atoms with E-state index in [4.69, 9.17) is 4.74 Å². The van der Waals surface area contributed by atoms with Crippen LogP contribution in [0, 0.1) is 0 Å². The second-order valence-corrected chi connectivity index (χ2v) is 11.6. The number of morpholine rings is 1. The Hall–Kier alpha value is -2.11. The van der Waals surface area contributed by atoms with Crippen LogP contribution in [0.2, 0.25) is 0 Å². The summed E-state index contributed by atoms with van der Waals surface area (Å²) in [5.41, 5.74) is 0.940. The Labute approximate surface area is 192 Å². The molecular weight excluding hydrogens is 450 g/mol. The van der Waals surface area contributed by atoms with Crippen molar-refractivity contribution in [1.82, 2.24) is 19.7 Å². The first-order valence-electron chi connectivity index (χ1n) is 11.0. The van der Waals surface area contributed by atoms with Crippen LogP contribution in [0.15, 0.2) is 35.5 Å². The maximum atomic E-state index is 13.2. The maximum absolute atomic E-state index is 13.2. The van der Waals surface area contributed by atoms with Gasteiger partial charge in [-0.25, -0.2) is 8.42 Å². The predicted octanol–water partition coefficient (Wildman–Crippen LogP) is 1.37. The van der Waals surface area contributed by atoms with Crippen molar-refractivity contribution in [3.8, 4) is 5.69 Å². The quantitative estimate of drug-likeness (QED) is 0.552. The van der Waals surface area contributed by atoms with Gasteiger partial charge in [-0.05, 0) is 31.4 Å². The van der Waals surface area contributed by atoms with E-state index in [0.29, 0.717) is 24.8 Å². The number of nitrogens with zero attached hydrogens (tertiary/aromatic N) is 5. The van der Waals surface area contributed by atoms with Crippen molar-refractivity contribution in [2.24, 2.45) is 0 Å². The van der Waals surface area contributed by atoms with Crippen LogP contribution in [-0.4, -0.2) is 89.6 Å². The van der Waals surface area contributed by atoms with Gasteiger partial charge in [-0.2, -0.15) is 0 Å². The third-order valence-electron chi connectivity index (χ3n) is 6.08. The topological polar surface area (TPSA) is 97.6 Å². The summed E-state index contributed by atoms with van der Waals surface area (Å²) in [7, 11) is -3.04. The van der Waals surface area contributed by atoms with Crippen molar-refractivity contribution in [3.05, 3.63) is 30.3 Å². The molecule has 3 heterocycles. The summed E-state index contributed by atoms with van der Waals surface area (Å²) in [6, 6.07) is 9.87. The lowest BCUT2D eigenvalue weighted by atomic mass is 10.2. The molecule has 0 bridgehead atoms. The van der Waals surface area contributed by atoms with Gasteiger partial charge in [-0.15, -0.1) is 10.2 Å². The molecule has 1 amide bonds. The second-order valence-electron chi connectivity index (χ2n) is 8.43. The predicted molar refractivity (Wildman–Crippen MR) is 122 cm³/mol. The molecule has 1 saturated carbocycles. The lowest BCUT2D eigenvalue weighted by Crippen LogP contribution is -2.43. The maximum Gasteiger partial charge on any atom is 0.233 e. The van der Waals surface area contributed by atoms with E-state index in [2.05, 4.69) is 15.1 Å². The van der Waals surface area contributed by atoms with Crippen molar-refractivity contribution in [1.29, 1.82) is 0 Å². The number of thioether (sulfide) groups is 1. The van der Waals surface area contributed by atoms with E-state index in [-0.39, 0.29) is 35.2 Å². The highest BCUT2D eigenvalue weighted by Gasteiger charge is 2.42. The molecule has 2 saturated heterocycles. The van der Waals surface area contributed by atoms with Gasteiger partial charge in [-0.3, -0.25) is 9.36 Å². The zero-order valence-corrected chi connectivity index (χ0v) is 19.4. The fraction of sp³-hybridized carbons (Fsp3) is 0.571. The lowest BCUT2D eigenvalue weighted by Gasteiger charge is -2.28. The molecule has 172 valence electrons. The van der Waals surface area contributed by atoms with Gasteiger partial charge in [0.05, 0.1) is 36.2 Å². The Morgan fingerprint density at radius 2 is 1.84 bits per heavy atom. The lowest BCUT2D eigenvalue weighted by molar-refractivity contribution is -0.130. The van der Waals surface area contributed by atoms with Gasteiger partial charge >= 0.3 is 0 Å². The Morgan fingerprint density at radius 3 is 2.50 bits per heavy atom. The molecule has 1 aliphatic carbocycles. The molecule has 0 unspecified atom stereocenters. The van der Waals surface area contributed by atoms with Crippen molar-refractivity contribution in [2.75, 3.05) is 48.5 Å². The van der Waals surface area contributed by atoms with E-state index in [1.807, 2.05) is 39.8 Å². The van der Waals surface area contributed by atoms with Gasteiger partial charge in [0, 0.05) is 25.2 Å². The number of amides is 1. The second kappa shape index (κ2) is 9.03. The van der Waals surface area contributed by atoms with E-state index in [1.165, 1.54) is 11.8 Å². The van der Waals surface area contributed by atoms with Gasteiger partial charge in [-0.1, -0.05) is 30.0 Å². The van der Waals surface area contributed by atoms with Crippen LogP contribution in [0.4, 0.5) is 5.95 Å². The summed E-state index contributed by atoms with van der Waals surface area (Å²) in [5.74, 6) is 1.19. The number of rotatable bonds is 7. The number of benzene rings is 1. The molecule has 2 aromatic rings. The van der Waals surface area contributed by atoms with Gasteiger partial charge in [0.25, 0.3) is 0 Å². The summed E-state index contributed by atoms with van der Waals surface area (Å²) < 4.78 is 31.4. The van der Waals surface area contributed by atoms with Crippen LogP contribution < -0.4 is 4.90 Å². The Morgan fingerprint density at radius 1 is 1.09 bits per heavy atom. The fourth-order valence-corrected chi connectivity index (χ4v) is 6.91. The van der Waals surface area contributed by atoms with Crippen LogP contribution in [0.25, 0.3) is 5.69 Å². The molecule has 2 aliphatic heterocycles. The molecule has 3 aliphatic rings. The molecule has 1 aromatic heterocycles. The minimum absolute atomic E-state index is 0.0184. The van der Waals surface area contributed by atoms with E-state index in [0.717, 1.165) is 37.6 Å². The SMILES string of the molecule is O=C(CSc1nnc(N2CCOCC2)n1-c1ccccc1)N(C1CC1)[C@H]1CCS(=O)(=O)C1. The molecule has 5 rings (SSSR count). The third-order valence-corrected chi connectivity index (χ3v) is 8.74. The first kappa shape index (κ1) is 21.7. The van der Waals surface area contributed by atoms with Crippen LogP contribution in [0.5, 0.6) is 0 Å². The monoisotopic (exact) mass is 477 g/mol. The zero-order valence-electron chi connectivity index (χ0n) is 17.8. The van der Waals surface area contributed by atoms with Crippen LogP contribution >= 0.6 is 11.8 Å². The Bertz CT molecular complexity index is 1070. The van der Waals surface area contributed by atoms with E-state index < -0.39 is 9.84 Å². The van der Waals surface area contributed by atoms with Crippen molar-refractivity contribution in [3.63, 3.8) is 0 Å². The van der Waals surface area contributed by atoms with Crippen LogP contribution in [0.1, 0.15) is 19.3 Å². The third kappa shape index (κ3) is 4.65. The Balaban J connectivity index is 1.36. The highest BCUT2D eigenvalue weighted by molar-refractivity contribution is 7.99. The number of anilines is 1. The summed E-state index contributed by atoms with van der Waals surface area (Å²) >= 11 is 1.36. The molecule has 32 heavy (non-hydrogen) atoms. The zero-order chi connectivity index (χ0) is 22.1. The van der Waals surface area contributed by atoms with Crippen molar-refractivity contribution >= 4 is 33.5 Å². The average Bonchev–Trinajstić information content (AvgIpc) is 3.43. The number of hydrogen-bond donors (Lipinski definition) is 0. The number of hydrogen-bond acceptors (Lipinski definition) is 8. The number of carbonyl (C=O) groups is 1. The number of aromatic nitrogens is 3. The van der Waals surface area contributed by atoms with E-state index >= 15 is 0 Å². The summed E-state index contributed by atoms with van der Waals surface area (Å²) in [5, 5.41) is 9.50. The standard InChI is InChI=1S/C21H27N5O4S2/c27-19(25(17-6-7-17)18-8-13-32(28,29)15-18)14-31-21-23-22-20(24-9-11-30-12-10-24)26(21)16-4-2-1-3-5-16/h1-5,17-18H,6-15H2/t18-/m0/s1. The molecule has 0 radical (unpaired) electrons. The van der Waals surface area contributed by atoms with E-state index in [1.54, 1.807) is 0 Å². The first-order chi connectivity index (χ1) is 15.5. The van der Waals surface area contributed by atoms with Crippen molar-refractivity contribution < 1.29 is 17.9 Å². The van der Waals surface area contributed by atoms with Gasteiger partial charge < -0.3 is 14.5 Å². The number of sulfone groups is 1. The van der Waals surface area contributed by atoms with E-state index in [9.17, 15) is 13.2 Å². The largest absolute Gasteiger partial charge is 0.378 e. The molecule has 1 atom stereocenters.